The van der Waals surface area contributed by atoms with Crippen LogP contribution in [0.25, 0.3) is 22.3 Å². The largest absolute Gasteiger partial charge is 0.389 e. The molecule has 4 heterocycles. The Bertz CT molecular complexity index is 1220. The molecular weight excluding hydrogens is 473 g/mol. The van der Waals surface area contributed by atoms with Gasteiger partial charge in [-0.05, 0) is 45.9 Å². The predicted octanol–water partition coefficient (Wildman–Crippen LogP) is 3.53. The zero-order valence-corrected chi connectivity index (χ0v) is 21.0. The molecule has 0 radical (unpaired) electrons. The van der Waals surface area contributed by atoms with Crippen LogP contribution in [-0.2, 0) is 4.74 Å². The predicted molar refractivity (Wildman–Crippen MR) is 134 cm³/mol. The first-order valence-electron chi connectivity index (χ1n) is 12.0. The van der Waals surface area contributed by atoms with Crippen LogP contribution >= 0.6 is 11.6 Å². The topological polar surface area (TPSA) is 91.6 Å². The van der Waals surface area contributed by atoms with Gasteiger partial charge in [-0.25, -0.2) is 19.3 Å². The van der Waals surface area contributed by atoms with Crippen LogP contribution in [0.2, 0.25) is 5.02 Å². The Morgan fingerprint density at radius 2 is 2.09 bits per heavy atom. The smallest absolute Gasteiger partial charge is 0.223 e. The number of imidazole rings is 1. The fourth-order valence-corrected chi connectivity index (χ4v) is 5.03. The summed E-state index contributed by atoms with van der Waals surface area (Å²) in [5, 5.41) is 13.7. The Labute approximate surface area is 208 Å². The zero-order valence-electron chi connectivity index (χ0n) is 20.2. The van der Waals surface area contributed by atoms with Crippen molar-refractivity contribution in [1.82, 2.24) is 24.4 Å². The number of ether oxygens (including phenoxy) is 1. The number of halogens is 2. The van der Waals surface area contributed by atoms with Gasteiger partial charge < -0.3 is 24.6 Å². The lowest BCUT2D eigenvalue weighted by Gasteiger charge is -2.34. The molecule has 1 aromatic carbocycles. The van der Waals surface area contributed by atoms with Crippen LogP contribution in [0.4, 0.5) is 16.3 Å². The first-order chi connectivity index (χ1) is 16.8. The fourth-order valence-electron chi connectivity index (χ4n) is 4.83. The third-order valence-electron chi connectivity index (χ3n) is 6.57. The van der Waals surface area contributed by atoms with Gasteiger partial charge in [0.05, 0.1) is 47.9 Å². The van der Waals surface area contributed by atoms with Gasteiger partial charge in [0.1, 0.15) is 5.52 Å². The maximum atomic E-state index is 15.4. The van der Waals surface area contributed by atoms with Crippen molar-refractivity contribution in [1.29, 1.82) is 0 Å². The molecule has 2 N–H and O–H groups in total. The summed E-state index contributed by atoms with van der Waals surface area (Å²) in [6.45, 7) is 7.60. The van der Waals surface area contributed by atoms with E-state index in [9.17, 15) is 5.11 Å². The molecule has 0 amide bonds. The lowest BCUT2D eigenvalue weighted by atomic mass is 10.1. The van der Waals surface area contributed by atoms with Gasteiger partial charge in [0.2, 0.25) is 11.9 Å². The van der Waals surface area contributed by atoms with Crippen LogP contribution in [-0.4, -0.2) is 81.7 Å². The van der Waals surface area contributed by atoms with Gasteiger partial charge in [-0.3, -0.25) is 4.90 Å². The molecule has 188 valence electrons. The van der Waals surface area contributed by atoms with E-state index in [2.05, 4.69) is 50.5 Å². The van der Waals surface area contributed by atoms with Crippen molar-refractivity contribution >= 4 is 34.5 Å². The number of anilines is 2. The number of hydrogen-bond donors (Lipinski definition) is 2. The Morgan fingerprint density at radius 1 is 1.26 bits per heavy atom. The minimum absolute atomic E-state index is 0.0741. The van der Waals surface area contributed by atoms with Crippen LogP contribution in [0.15, 0.2) is 18.3 Å². The molecule has 5 rings (SSSR count). The van der Waals surface area contributed by atoms with Gasteiger partial charge in [0, 0.05) is 31.3 Å². The van der Waals surface area contributed by atoms with Gasteiger partial charge in [-0.15, -0.1) is 0 Å². The van der Waals surface area contributed by atoms with E-state index in [0.717, 1.165) is 32.1 Å². The summed E-state index contributed by atoms with van der Waals surface area (Å²) in [6, 6.07) is 3.16. The molecule has 0 spiro atoms. The number of aromatic nitrogens is 4. The second kappa shape index (κ2) is 9.85. The minimum Gasteiger partial charge on any atom is -0.389 e. The first kappa shape index (κ1) is 24.2. The number of aliphatic hydroxyl groups excluding tert-OH is 1. The molecule has 11 heteroatoms. The van der Waals surface area contributed by atoms with E-state index in [4.69, 9.17) is 21.3 Å². The Morgan fingerprint density at radius 3 is 2.83 bits per heavy atom. The standard InChI is InChI=1S/C24H31ClFN7O2/c1-14(2)33-19-10-15(9-17(26)22(19)30-24(33)32-7-4-6-31(3)13-32)21-16(25)11-27-23(29-21)28-18-5-8-35-12-20(18)34/h9-11,14,18,20,34H,4-8,12-13H2,1-3H3,(H,27,28,29)/t18-,20+/m0/s1. The van der Waals surface area contributed by atoms with E-state index in [1.165, 1.54) is 12.3 Å². The van der Waals surface area contributed by atoms with E-state index in [1.54, 1.807) is 0 Å². The third-order valence-corrected chi connectivity index (χ3v) is 6.84. The summed E-state index contributed by atoms with van der Waals surface area (Å²) in [4.78, 5) is 18.0. The maximum absolute atomic E-state index is 15.4. The number of nitrogens with zero attached hydrogens (tertiary/aromatic N) is 6. The molecule has 0 unspecified atom stereocenters. The normalized spacial score (nSPS) is 21.7. The zero-order chi connectivity index (χ0) is 24.7. The van der Waals surface area contributed by atoms with Crippen LogP contribution in [0.5, 0.6) is 0 Å². The van der Waals surface area contributed by atoms with E-state index in [-0.39, 0.29) is 18.7 Å². The molecule has 2 fully saturated rings. The molecule has 0 saturated carbocycles. The van der Waals surface area contributed by atoms with Crippen molar-refractivity contribution in [2.24, 2.45) is 0 Å². The Hall–Kier alpha value is -2.53. The quantitative estimate of drug-likeness (QED) is 0.546. The SMILES string of the molecule is CC(C)n1c(N2CCCN(C)C2)nc2c(F)cc(-c3nc(N[C@H]4CCOC[C@H]4O)ncc3Cl)cc21. The molecule has 0 bridgehead atoms. The van der Waals surface area contributed by atoms with E-state index in [0.29, 0.717) is 46.3 Å². The molecule has 3 aromatic rings. The molecule has 2 aromatic heterocycles. The minimum atomic E-state index is -0.659. The first-order valence-corrected chi connectivity index (χ1v) is 12.4. The molecular formula is C24H31ClFN7O2. The van der Waals surface area contributed by atoms with Crippen LogP contribution < -0.4 is 10.2 Å². The van der Waals surface area contributed by atoms with Crippen molar-refractivity contribution in [3.8, 4) is 11.3 Å². The third kappa shape index (κ3) is 4.80. The lowest BCUT2D eigenvalue weighted by molar-refractivity contribution is -0.0136. The second-order valence-electron chi connectivity index (χ2n) is 9.61. The lowest BCUT2D eigenvalue weighted by Crippen LogP contribution is -2.44. The van der Waals surface area contributed by atoms with E-state index < -0.39 is 11.9 Å². The van der Waals surface area contributed by atoms with Crippen LogP contribution in [0, 0.1) is 5.82 Å². The Kier molecular flexibility index (Phi) is 6.80. The van der Waals surface area contributed by atoms with Gasteiger partial charge in [0.15, 0.2) is 5.82 Å². The maximum Gasteiger partial charge on any atom is 0.223 e. The van der Waals surface area contributed by atoms with Gasteiger partial charge in [-0.1, -0.05) is 11.6 Å². The number of fused-ring (bicyclic) bond motifs is 1. The fraction of sp³-hybridized carbons (Fsp3) is 0.542. The average molecular weight is 504 g/mol. The van der Waals surface area contributed by atoms with Crippen molar-refractivity contribution in [3.63, 3.8) is 0 Å². The molecule has 2 saturated heterocycles. The summed E-state index contributed by atoms with van der Waals surface area (Å²) >= 11 is 6.47. The molecule has 2 atom stereocenters. The van der Waals surface area contributed by atoms with Gasteiger partial charge in [-0.2, -0.15) is 0 Å². The molecule has 2 aliphatic rings. The average Bonchev–Trinajstić information content (AvgIpc) is 3.22. The number of nitrogens with one attached hydrogen (secondary N) is 1. The van der Waals surface area contributed by atoms with Crippen molar-refractivity contribution in [3.05, 3.63) is 29.2 Å². The second-order valence-corrected chi connectivity index (χ2v) is 10.0. The Balaban J connectivity index is 1.55. The number of hydrogen-bond acceptors (Lipinski definition) is 8. The van der Waals surface area contributed by atoms with Crippen molar-refractivity contribution in [2.45, 2.75) is 44.9 Å². The van der Waals surface area contributed by atoms with Gasteiger partial charge in [0.25, 0.3) is 0 Å². The van der Waals surface area contributed by atoms with E-state index in [1.807, 2.05) is 6.07 Å². The van der Waals surface area contributed by atoms with Gasteiger partial charge >= 0.3 is 0 Å². The van der Waals surface area contributed by atoms with Crippen molar-refractivity contribution < 1.29 is 14.2 Å². The summed E-state index contributed by atoms with van der Waals surface area (Å²) in [5.74, 6) is 0.667. The van der Waals surface area contributed by atoms with Crippen molar-refractivity contribution in [2.75, 3.05) is 50.2 Å². The highest BCUT2D eigenvalue weighted by atomic mass is 35.5. The molecule has 9 nitrogen and oxygen atoms in total. The highest BCUT2D eigenvalue weighted by Crippen LogP contribution is 2.35. The summed E-state index contributed by atoms with van der Waals surface area (Å²) in [5.41, 5.74) is 1.99. The highest BCUT2D eigenvalue weighted by molar-refractivity contribution is 6.33. The summed E-state index contributed by atoms with van der Waals surface area (Å²) in [6.07, 6.45) is 2.49. The number of rotatable bonds is 5. The number of aliphatic hydroxyl groups is 1. The monoisotopic (exact) mass is 503 g/mol. The molecule has 35 heavy (non-hydrogen) atoms. The van der Waals surface area contributed by atoms with Crippen LogP contribution in [0.1, 0.15) is 32.7 Å². The number of benzene rings is 1. The summed E-state index contributed by atoms with van der Waals surface area (Å²) in [7, 11) is 2.08. The van der Waals surface area contributed by atoms with E-state index >= 15 is 4.39 Å². The summed E-state index contributed by atoms with van der Waals surface area (Å²) < 4.78 is 22.8. The highest BCUT2D eigenvalue weighted by Gasteiger charge is 2.26. The van der Waals surface area contributed by atoms with Crippen LogP contribution in [0.3, 0.4) is 0 Å². The molecule has 2 aliphatic heterocycles. The molecule has 0 aliphatic carbocycles.